The first kappa shape index (κ1) is 12.6. The van der Waals surface area contributed by atoms with Crippen LogP contribution in [0.25, 0.3) is 10.8 Å². The van der Waals surface area contributed by atoms with Gasteiger partial charge in [-0.05, 0) is 23.6 Å². The summed E-state index contributed by atoms with van der Waals surface area (Å²) in [6.45, 7) is 2.22. The van der Waals surface area contributed by atoms with E-state index < -0.39 is 6.10 Å². The Kier molecular flexibility index (Phi) is 3.28. The molecule has 0 aliphatic heterocycles. The van der Waals surface area contributed by atoms with Crippen molar-refractivity contribution < 1.29 is 5.11 Å². The van der Waals surface area contributed by atoms with Crippen molar-refractivity contribution in [2.24, 2.45) is 5.41 Å². The fourth-order valence-electron chi connectivity index (χ4n) is 3.37. The van der Waals surface area contributed by atoms with Crippen LogP contribution in [0.1, 0.15) is 50.7 Å². The van der Waals surface area contributed by atoms with Gasteiger partial charge in [-0.3, -0.25) is 4.98 Å². The molecule has 2 heteroatoms. The van der Waals surface area contributed by atoms with E-state index in [1.807, 2.05) is 24.5 Å². The van der Waals surface area contributed by atoms with Crippen molar-refractivity contribution in [1.29, 1.82) is 0 Å². The number of pyridine rings is 1. The second-order valence-corrected chi connectivity index (χ2v) is 6.07. The zero-order chi connectivity index (χ0) is 13.3. The first-order valence-electron chi connectivity index (χ1n) is 7.21. The Morgan fingerprint density at radius 3 is 2.63 bits per heavy atom. The maximum atomic E-state index is 10.9. The summed E-state index contributed by atoms with van der Waals surface area (Å²) < 4.78 is 0. The van der Waals surface area contributed by atoms with Gasteiger partial charge in [0.15, 0.2) is 0 Å². The number of fused-ring (bicyclic) bond motifs is 1. The minimum atomic E-state index is -0.411. The molecule has 100 valence electrons. The average Bonchev–Trinajstić information content (AvgIpc) is 2.47. The molecular weight excluding hydrogens is 234 g/mol. The lowest BCUT2D eigenvalue weighted by atomic mass is 9.70. The number of aliphatic hydroxyl groups excluding tert-OH is 1. The molecule has 2 nitrogen and oxygen atoms in total. The SMILES string of the molecule is CC1(C(O)c2cncc3ccccc23)CCCCC1. The van der Waals surface area contributed by atoms with Gasteiger partial charge >= 0.3 is 0 Å². The summed E-state index contributed by atoms with van der Waals surface area (Å²) in [5.41, 5.74) is 0.992. The highest BCUT2D eigenvalue weighted by Crippen LogP contribution is 2.46. The van der Waals surface area contributed by atoms with E-state index in [0.29, 0.717) is 0 Å². The molecule has 1 aromatic carbocycles. The molecule has 0 spiro atoms. The summed E-state index contributed by atoms with van der Waals surface area (Å²) in [5, 5.41) is 13.1. The molecule has 1 aromatic heterocycles. The van der Waals surface area contributed by atoms with E-state index in [-0.39, 0.29) is 5.41 Å². The van der Waals surface area contributed by atoms with Crippen molar-refractivity contribution in [2.75, 3.05) is 0 Å². The Hall–Kier alpha value is -1.41. The lowest BCUT2D eigenvalue weighted by Gasteiger charge is -2.38. The first-order chi connectivity index (χ1) is 9.21. The molecule has 0 saturated heterocycles. The third-order valence-electron chi connectivity index (χ3n) is 4.65. The zero-order valence-corrected chi connectivity index (χ0v) is 11.5. The van der Waals surface area contributed by atoms with Crippen LogP contribution >= 0.6 is 0 Å². The van der Waals surface area contributed by atoms with Gasteiger partial charge in [-0.15, -0.1) is 0 Å². The summed E-state index contributed by atoms with van der Waals surface area (Å²) in [7, 11) is 0. The molecule has 0 bridgehead atoms. The first-order valence-corrected chi connectivity index (χ1v) is 7.21. The third kappa shape index (κ3) is 2.25. The molecule has 1 aliphatic rings. The lowest BCUT2D eigenvalue weighted by Crippen LogP contribution is -2.28. The van der Waals surface area contributed by atoms with Gasteiger partial charge in [0.2, 0.25) is 0 Å². The van der Waals surface area contributed by atoms with Gasteiger partial charge in [0.25, 0.3) is 0 Å². The van der Waals surface area contributed by atoms with Gasteiger partial charge in [-0.25, -0.2) is 0 Å². The number of rotatable bonds is 2. The molecule has 19 heavy (non-hydrogen) atoms. The molecule has 3 rings (SSSR count). The Morgan fingerprint density at radius 1 is 1.11 bits per heavy atom. The molecule has 1 aliphatic carbocycles. The van der Waals surface area contributed by atoms with Crippen LogP contribution in [0.4, 0.5) is 0 Å². The molecule has 0 radical (unpaired) electrons. The van der Waals surface area contributed by atoms with E-state index >= 15 is 0 Å². The van der Waals surface area contributed by atoms with Gasteiger partial charge in [-0.2, -0.15) is 0 Å². The van der Waals surface area contributed by atoms with Crippen molar-refractivity contribution in [3.8, 4) is 0 Å². The number of aliphatic hydroxyl groups is 1. The summed E-state index contributed by atoms with van der Waals surface area (Å²) >= 11 is 0. The van der Waals surface area contributed by atoms with Crippen LogP contribution in [0.2, 0.25) is 0 Å². The van der Waals surface area contributed by atoms with Crippen LogP contribution < -0.4 is 0 Å². The van der Waals surface area contributed by atoms with Crippen molar-refractivity contribution in [1.82, 2.24) is 4.98 Å². The van der Waals surface area contributed by atoms with E-state index in [2.05, 4.69) is 24.0 Å². The summed E-state index contributed by atoms with van der Waals surface area (Å²) in [5.74, 6) is 0. The summed E-state index contributed by atoms with van der Waals surface area (Å²) in [6, 6.07) is 8.19. The van der Waals surface area contributed by atoms with E-state index in [1.165, 1.54) is 19.3 Å². The van der Waals surface area contributed by atoms with Gasteiger partial charge in [0.05, 0.1) is 6.10 Å². The monoisotopic (exact) mass is 255 g/mol. The third-order valence-corrected chi connectivity index (χ3v) is 4.65. The molecule has 1 fully saturated rings. The summed E-state index contributed by atoms with van der Waals surface area (Å²) in [6.07, 6.45) is 9.27. The molecule has 1 atom stereocenters. The largest absolute Gasteiger partial charge is 0.388 e. The van der Waals surface area contributed by atoms with Crippen molar-refractivity contribution in [2.45, 2.75) is 45.1 Å². The second-order valence-electron chi connectivity index (χ2n) is 6.07. The average molecular weight is 255 g/mol. The van der Waals surface area contributed by atoms with Crippen LogP contribution in [0.15, 0.2) is 36.7 Å². The van der Waals surface area contributed by atoms with E-state index in [9.17, 15) is 5.11 Å². The quantitative estimate of drug-likeness (QED) is 0.870. The predicted molar refractivity (Wildman–Crippen MR) is 77.9 cm³/mol. The van der Waals surface area contributed by atoms with Gasteiger partial charge in [0, 0.05) is 23.3 Å². The van der Waals surface area contributed by atoms with Gasteiger partial charge in [-0.1, -0.05) is 50.5 Å². The second kappa shape index (κ2) is 4.93. The van der Waals surface area contributed by atoms with E-state index in [1.54, 1.807) is 0 Å². The Balaban J connectivity index is 2.03. The highest BCUT2D eigenvalue weighted by Gasteiger charge is 2.36. The maximum Gasteiger partial charge on any atom is 0.0864 e. The minimum Gasteiger partial charge on any atom is -0.388 e. The van der Waals surface area contributed by atoms with Crippen LogP contribution in [0.5, 0.6) is 0 Å². The zero-order valence-electron chi connectivity index (χ0n) is 11.5. The van der Waals surface area contributed by atoms with Crippen LogP contribution in [0, 0.1) is 5.41 Å². The smallest absolute Gasteiger partial charge is 0.0864 e. The molecule has 1 saturated carbocycles. The summed E-state index contributed by atoms with van der Waals surface area (Å²) in [4.78, 5) is 4.30. The highest BCUT2D eigenvalue weighted by molar-refractivity contribution is 5.85. The standard InChI is InChI=1S/C17H21NO/c1-17(9-5-2-6-10-17)16(19)15-12-18-11-13-7-3-4-8-14(13)15/h3-4,7-8,11-12,16,19H,2,5-6,9-10H2,1H3. The molecule has 0 amide bonds. The predicted octanol–water partition coefficient (Wildman–Crippen LogP) is 4.24. The fourth-order valence-corrected chi connectivity index (χ4v) is 3.37. The molecule has 2 aromatic rings. The normalized spacial score (nSPS) is 20.3. The number of hydrogen-bond donors (Lipinski definition) is 1. The van der Waals surface area contributed by atoms with Crippen LogP contribution in [-0.4, -0.2) is 10.1 Å². The van der Waals surface area contributed by atoms with Crippen molar-refractivity contribution >= 4 is 10.8 Å². The number of benzene rings is 1. The Morgan fingerprint density at radius 2 is 1.84 bits per heavy atom. The minimum absolute atomic E-state index is 0.00402. The Labute approximate surface area is 114 Å². The fraction of sp³-hybridized carbons (Fsp3) is 0.471. The topological polar surface area (TPSA) is 33.1 Å². The Bertz CT molecular complexity index is 567. The van der Waals surface area contributed by atoms with Crippen molar-refractivity contribution in [3.63, 3.8) is 0 Å². The number of hydrogen-bond acceptors (Lipinski definition) is 2. The van der Waals surface area contributed by atoms with Crippen LogP contribution in [-0.2, 0) is 0 Å². The van der Waals surface area contributed by atoms with Crippen LogP contribution in [0.3, 0.4) is 0 Å². The number of aromatic nitrogens is 1. The lowest BCUT2D eigenvalue weighted by molar-refractivity contribution is 0.00899. The molecule has 1 N–H and O–H groups in total. The molecule has 1 unspecified atom stereocenters. The van der Waals surface area contributed by atoms with E-state index in [4.69, 9.17) is 0 Å². The highest BCUT2D eigenvalue weighted by atomic mass is 16.3. The van der Waals surface area contributed by atoms with E-state index in [0.717, 1.165) is 29.2 Å². The number of nitrogens with zero attached hydrogens (tertiary/aromatic N) is 1. The van der Waals surface area contributed by atoms with Gasteiger partial charge < -0.3 is 5.11 Å². The molecule has 1 heterocycles. The maximum absolute atomic E-state index is 10.9. The molecular formula is C17H21NO. The van der Waals surface area contributed by atoms with Crippen molar-refractivity contribution in [3.05, 3.63) is 42.2 Å². The van der Waals surface area contributed by atoms with Gasteiger partial charge in [0.1, 0.15) is 0 Å².